The van der Waals surface area contributed by atoms with E-state index in [1.165, 1.54) is 18.1 Å². The van der Waals surface area contributed by atoms with Gasteiger partial charge in [0.25, 0.3) is 11.8 Å². The largest absolute Gasteiger partial charge is 0.499 e. The maximum absolute atomic E-state index is 12.8. The molecular weight excluding hydrogens is 322 g/mol. The summed E-state index contributed by atoms with van der Waals surface area (Å²) in [6.07, 6.45) is 1.69. The summed E-state index contributed by atoms with van der Waals surface area (Å²) in [5.41, 5.74) is 0.737. The zero-order chi connectivity index (χ0) is 18.6. The second kappa shape index (κ2) is 7.96. The number of fused-ring (bicyclic) bond motifs is 1. The number of benzene rings is 1. The normalized spacial score (nSPS) is 15.4. The summed E-state index contributed by atoms with van der Waals surface area (Å²) in [6.45, 7) is 5.88. The molecule has 1 aromatic carbocycles. The first-order chi connectivity index (χ1) is 11.9. The van der Waals surface area contributed by atoms with Crippen molar-refractivity contribution in [3.05, 3.63) is 47.2 Å². The summed E-state index contributed by atoms with van der Waals surface area (Å²) < 4.78 is 10.3. The van der Waals surface area contributed by atoms with E-state index in [4.69, 9.17) is 9.47 Å². The van der Waals surface area contributed by atoms with E-state index in [0.29, 0.717) is 17.5 Å². The van der Waals surface area contributed by atoms with Crippen LogP contribution in [0.15, 0.2) is 36.1 Å². The van der Waals surface area contributed by atoms with Crippen molar-refractivity contribution in [2.75, 3.05) is 13.7 Å². The molecule has 1 aliphatic heterocycles. The maximum atomic E-state index is 12.8. The molecule has 0 aliphatic carbocycles. The lowest BCUT2D eigenvalue weighted by atomic mass is 10.00. The van der Waals surface area contributed by atoms with Crippen LogP contribution in [0.1, 0.15) is 47.9 Å². The number of rotatable bonds is 7. The van der Waals surface area contributed by atoms with E-state index >= 15 is 0 Å². The molecule has 1 unspecified atom stereocenters. The van der Waals surface area contributed by atoms with Crippen molar-refractivity contribution in [2.24, 2.45) is 5.92 Å². The van der Waals surface area contributed by atoms with Crippen LogP contribution in [-0.4, -0.2) is 42.4 Å². The van der Waals surface area contributed by atoms with Gasteiger partial charge in [-0.3, -0.25) is 14.5 Å². The molecular formula is C19H23NO5. The predicted octanol–water partition coefficient (Wildman–Crippen LogP) is 2.79. The SMILES string of the molecule is CCOC(=O)/C=C(\OC)C(CC(C)C)N1C(=O)c2ccccc2C1=O. The Morgan fingerprint density at radius 3 is 2.16 bits per heavy atom. The average molecular weight is 345 g/mol. The summed E-state index contributed by atoms with van der Waals surface area (Å²) in [5.74, 6) is -0.905. The molecule has 0 aromatic heterocycles. The number of hydrogen-bond donors (Lipinski definition) is 0. The monoisotopic (exact) mass is 345 g/mol. The van der Waals surface area contributed by atoms with E-state index in [1.807, 2.05) is 13.8 Å². The van der Waals surface area contributed by atoms with Gasteiger partial charge in [0, 0.05) is 0 Å². The molecule has 1 atom stereocenters. The molecule has 6 heteroatoms. The van der Waals surface area contributed by atoms with Crippen molar-refractivity contribution >= 4 is 17.8 Å². The molecule has 0 radical (unpaired) electrons. The first-order valence-corrected chi connectivity index (χ1v) is 8.29. The molecule has 1 aromatic rings. The van der Waals surface area contributed by atoms with E-state index in [0.717, 1.165) is 0 Å². The lowest BCUT2D eigenvalue weighted by Gasteiger charge is -2.28. The fourth-order valence-electron chi connectivity index (χ4n) is 2.88. The molecule has 1 aliphatic rings. The third kappa shape index (κ3) is 3.90. The van der Waals surface area contributed by atoms with Gasteiger partial charge in [-0.05, 0) is 31.4 Å². The molecule has 0 saturated carbocycles. The van der Waals surface area contributed by atoms with Crippen LogP contribution < -0.4 is 0 Å². The Morgan fingerprint density at radius 1 is 1.16 bits per heavy atom. The van der Waals surface area contributed by atoms with Gasteiger partial charge in [-0.15, -0.1) is 0 Å². The van der Waals surface area contributed by atoms with E-state index in [1.54, 1.807) is 31.2 Å². The quantitative estimate of drug-likeness (QED) is 0.329. The average Bonchev–Trinajstić information content (AvgIpc) is 2.82. The Labute approximate surface area is 147 Å². The Bertz CT molecular complexity index is 673. The van der Waals surface area contributed by atoms with Gasteiger partial charge in [-0.25, -0.2) is 4.79 Å². The van der Waals surface area contributed by atoms with Crippen molar-refractivity contribution in [2.45, 2.75) is 33.2 Å². The smallest absolute Gasteiger partial charge is 0.334 e. The minimum absolute atomic E-state index is 0.176. The lowest BCUT2D eigenvalue weighted by molar-refractivity contribution is -0.137. The fourth-order valence-corrected chi connectivity index (χ4v) is 2.88. The van der Waals surface area contributed by atoms with E-state index in [2.05, 4.69) is 0 Å². The second-order valence-electron chi connectivity index (χ2n) is 6.17. The molecule has 2 rings (SSSR count). The molecule has 6 nitrogen and oxygen atoms in total. The number of hydrogen-bond acceptors (Lipinski definition) is 5. The number of nitrogens with zero attached hydrogens (tertiary/aromatic N) is 1. The van der Waals surface area contributed by atoms with Gasteiger partial charge in [0.15, 0.2) is 0 Å². The number of esters is 1. The van der Waals surface area contributed by atoms with Crippen LogP contribution in [0.3, 0.4) is 0 Å². The number of imide groups is 1. The van der Waals surface area contributed by atoms with Crippen molar-refractivity contribution in [3.63, 3.8) is 0 Å². The zero-order valence-electron chi connectivity index (χ0n) is 14.9. The van der Waals surface area contributed by atoms with Crippen LogP contribution in [0, 0.1) is 5.92 Å². The molecule has 2 amide bonds. The highest BCUT2D eigenvalue weighted by molar-refractivity contribution is 6.21. The van der Waals surface area contributed by atoms with E-state index in [-0.39, 0.29) is 30.1 Å². The molecule has 0 bridgehead atoms. The van der Waals surface area contributed by atoms with E-state index < -0.39 is 12.0 Å². The van der Waals surface area contributed by atoms with Gasteiger partial charge >= 0.3 is 5.97 Å². The lowest BCUT2D eigenvalue weighted by Crippen LogP contribution is -2.42. The highest BCUT2D eigenvalue weighted by Crippen LogP contribution is 2.30. The number of ether oxygens (including phenoxy) is 2. The topological polar surface area (TPSA) is 72.9 Å². The second-order valence-corrected chi connectivity index (χ2v) is 6.17. The van der Waals surface area contributed by atoms with Crippen LogP contribution in [0.25, 0.3) is 0 Å². The van der Waals surface area contributed by atoms with E-state index in [9.17, 15) is 14.4 Å². The molecule has 0 N–H and O–H groups in total. The summed E-state index contributed by atoms with van der Waals surface area (Å²) in [7, 11) is 1.41. The highest BCUT2D eigenvalue weighted by atomic mass is 16.5. The standard InChI is InChI=1S/C19H23NO5/c1-5-25-17(21)11-16(24-4)15(10-12(2)3)20-18(22)13-8-6-7-9-14(13)19(20)23/h6-9,11-12,15H,5,10H2,1-4H3/b16-11-. The van der Waals surface area contributed by atoms with Crippen molar-refractivity contribution < 1.29 is 23.9 Å². The summed E-state index contributed by atoms with van der Waals surface area (Å²) in [6, 6.07) is 6.03. The van der Waals surface area contributed by atoms with Crippen molar-refractivity contribution in [1.29, 1.82) is 0 Å². The van der Waals surface area contributed by atoms with Crippen LogP contribution >= 0.6 is 0 Å². The summed E-state index contributed by atoms with van der Waals surface area (Å²) in [5, 5.41) is 0. The Kier molecular flexibility index (Phi) is 5.96. The Balaban J connectivity index is 2.43. The van der Waals surface area contributed by atoms with Crippen molar-refractivity contribution in [3.8, 4) is 0 Å². The van der Waals surface area contributed by atoms with Crippen LogP contribution in [0.4, 0.5) is 0 Å². The van der Waals surface area contributed by atoms with Gasteiger partial charge in [-0.2, -0.15) is 0 Å². The number of methoxy groups -OCH3 is 1. The van der Waals surface area contributed by atoms with Crippen LogP contribution in [-0.2, 0) is 14.3 Å². The molecule has 134 valence electrons. The van der Waals surface area contributed by atoms with Gasteiger partial charge in [0.1, 0.15) is 5.76 Å². The Hall–Kier alpha value is -2.63. The van der Waals surface area contributed by atoms with Gasteiger partial charge in [0.05, 0.1) is 37.0 Å². The molecule has 0 fully saturated rings. The van der Waals surface area contributed by atoms with Crippen LogP contribution in [0.5, 0.6) is 0 Å². The zero-order valence-corrected chi connectivity index (χ0v) is 14.9. The number of carbonyl (C=O) groups excluding carboxylic acids is 3. The number of carbonyl (C=O) groups is 3. The van der Waals surface area contributed by atoms with Gasteiger partial charge in [-0.1, -0.05) is 26.0 Å². The summed E-state index contributed by atoms with van der Waals surface area (Å²) in [4.78, 5) is 38.5. The first kappa shape index (κ1) is 18.7. The molecule has 0 saturated heterocycles. The number of amides is 2. The van der Waals surface area contributed by atoms with Gasteiger partial charge in [0.2, 0.25) is 0 Å². The third-order valence-corrected chi connectivity index (χ3v) is 3.94. The summed E-state index contributed by atoms with van der Waals surface area (Å²) >= 11 is 0. The third-order valence-electron chi connectivity index (χ3n) is 3.94. The fraction of sp³-hybridized carbons (Fsp3) is 0.421. The first-order valence-electron chi connectivity index (χ1n) is 8.29. The van der Waals surface area contributed by atoms with Crippen LogP contribution in [0.2, 0.25) is 0 Å². The highest BCUT2D eigenvalue weighted by Gasteiger charge is 2.41. The predicted molar refractivity (Wildman–Crippen MR) is 91.9 cm³/mol. The Morgan fingerprint density at radius 2 is 1.72 bits per heavy atom. The molecule has 1 heterocycles. The van der Waals surface area contributed by atoms with Crippen molar-refractivity contribution in [1.82, 2.24) is 4.90 Å². The minimum Gasteiger partial charge on any atom is -0.499 e. The molecule has 0 spiro atoms. The van der Waals surface area contributed by atoms with Gasteiger partial charge < -0.3 is 9.47 Å². The maximum Gasteiger partial charge on any atom is 0.334 e. The molecule has 25 heavy (non-hydrogen) atoms. The minimum atomic E-state index is -0.665.